The second-order valence-electron chi connectivity index (χ2n) is 4.81. The van der Waals surface area contributed by atoms with E-state index in [1.54, 1.807) is 19.1 Å². The standard InChI is InChI=1S/C12H20N2O3/c1-3-6-12(2,13)11(17)14-9-5-4-8(7-9)10(15)16/h4-5,8-9H,3,6-7,13H2,1-2H3,(H,14,17)(H,15,16). The lowest BCUT2D eigenvalue weighted by Gasteiger charge is -2.25. The highest BCUT2D eigenvalue weighted by Gasteiger charge is 2.31. The zero-order chi connectivity index (χ0) is 13.1. The van der Waals surface area contributed by atoms with Crippen LogP contribution in [0.5, 0.6) is 0 Å². The molecule has 0 saturated heterocycles. The van der Waals surface area contributed by atoms with Crippen molar-refractivity contribution in [2.45, 2.75) is 44.7 Å². The number of amides is 1. The van der Waals surface area contributed by atoms with Gasteiger partial charge in [0.05, 0.1) is 11.5 Å². The third-order valence-electron chi connectivity index (χ3n) is 3.01. The summed E-state index contributed by atoms with van der Waals surface area (Å²) in [7, 11) is 0. The van der Waals surface area contributed by atoms with E-state index in [4.69, 9.17) is 10.8 Å². The van der Waals surface area contributed by atoms with Gasteiger partial charge in [-0.25, -0.2) is 0 Å². The predicted octanol–water partition coefficient (Wildman–Crippen LogP) is 0.649. The first-order valence-electron chi connectivity index (χ1n) is 5.88. The van der Waals surface area contributed by atoms with Gasteiger partial charge < -0.3 is 16.2 Å². The summed E-state index contributed by atoms with van der Waals surface area (Å²) in [4.78, 5) is 22.6. The van der Waals surface area contributed by atoms with Crippen LogP contribution < -0.4 is 11.1 Å². The summed E-state index contributed by atoms with van der Waals surface area (Å²) in [6.07, 6.45) is 5.18. The first-order valence-corrected chi connectivity index (χ1v) is 5.88. The van der Waals surface area contributed by atoms with Crippen molar-refractivity contribution in [3.8, 4) is 0 Å². The van der Waals surface area contributed by atoms with Gasteiger partial charge in [0.2, 0.25) is 5.91 Å². The predicted molar refractivity (Wildman–Crippen MR) is 64.3 cm³/mol. The van der Waals surface area contributed by atoms with E-state index in [0.29, 0.717) is 12.8 Å². The summed E-state index contributed by atoms with van der Waals surface area (Å²) in [6.45, 7) is 3.66. The van der Waals surface area contributed by atoms with Gasteiger partial charge in [-0.2, -0.15) is 0 Å². The lowest BCUT2D eigenvalue weighted by molar-refractivity contribution is -0.140. The molecule has 0 saturated carbocycles. The van der Waals surface area contributed by atoms with E-state index >= 15 is 0 Å². The maximum absolute atomic E-state index is 11.9. The SMILES string of the molecule is CCCC(C)(N)C(=O)NC1C=CC(C(=O)O)C1. The fourth-order valence-corrected chi connectivity index (χ4v) is 1.96. The molecule has 0 heterocycles. The second kappa shape index (κ2) is 5.31. The number of carboxylic acid groups (broad SMARTS) is 1. The number of rotatable bonds is 5. The lowest BCUT2D eigenvalue weighted by atomic mass is 9.96. The summed E-state index contributed by atoms with van der Waals surface area (Å²) in [5.41, 5.74) is 5.01. The molecule has 3 unspecified atom stereocenters. The van der Waals surface area contributed by atoms with Crippen molar-refractivity contribution < 1.29 is 14.7 Å². The Bertz CT molecular complexity index is 337. The van der Waals surface area contributed by atoms with Crippen LogP contribution in [0.4, 0.5) is 0 Å². The summed E-state index contributed by atoms with van der Waals surface area (Å²) < 4.78 is 0. The van der Waals surface area contributed by atoms with Crippen LogP contribution in [-0.2, 0) is 9.59 Å². The third-order valence-corrected chi connectivity index (χ3v) is 3.01. The minimum atomic E-state index is -0.885. The van der Waals surface area contributed by atoms with Crippen molar-refractivity contribution in [1.82, 2.24) is 5.32 Å². The van der Waals surface area contributed by atoms with Crippen LogP contribution in [0.1, 0.15) is 33.1 Å². The maximum atomic E-state index is 11.9. The number of nitrogens with two attached hydrogens (primary N) is 1. The normalized spacial score (nSPS) is 26.5. The van der Waals surface area contributed by atoms with Gasteiger partial charge in [0.25, 0.3) is 0 Å². The van der Waals surface area contributed by atoms with Gasteiger partial charge in [0.1, 0.15) is 0 Å². The van der Waals surface area contributed by atoms with E-state index in [-0.39, 0.29) is 11.9 Å². The van der Waals surface area contributed by atoms with Crippen molar-refractivity contribution in [2.24, 2.45) is 11.7 Å². The second-order valence-corrected chi connectivity index (χ2v) is 4.81. The molecular formula is C12H20N2O3. The molecule has 0 aromatic rings. The van der Waals surface area contributed by atoms with Crippen molar-refractivity contribution >= 4 is 11.9 Å². The van der Waals surface area contributed by atoms with Crippen LogP contribution in [0.25, 0.3) is 0 Å². The fourth-order valence-electron chi connectivity index (χ4n) is 1.96. The molecule has 1 amide bonds. The van der Waals surface area contributed by atoms with Crippen molar-refractivity contribution in [3.05, 3.63) is 12.2 Å². The number of aliphatic carboxylic acids is 1. The van der Waals surface area contributed by atoms with Crippen LogP contribution in [0, 0.1) is 5.92 Å². The van der Waals surface area contributed by atoms with Crippen molar-refractivity contribution in [2.75, 3.05) is 0 Å². The molecule has 5 heteroatoms. The average molecular weight is 240 g/mol. The van der Waals surface area contributed by atoms with Gasteiger partial charge in [0.15, 0.2) is 0 Å². The number of carbonyl (C=O) groups is 2. The van der Waals surface area contributed by atoms with Gasteiger partial charge >= 0.3 is 5.97 Å². The first kappa shape index (κ1) is 13.7. The minimum absolute atomic E-state index is 0.219. The van der Waals surface area contributed by atoms with Crippen LogP contribution in [0.2, 0.25) is 0 Å². The highest BCUT2D eigenvalue weighted by Crippen LogP contribution is 2.19. The molecular weight excluding hydrogens is 220 g/mol. The third kappa shape index (κ3) is 3.56. The largest absolute Gasteiger partial charge is 0.481 e. The molecule has 17 heavy (non-hydrogen) atoms. The smallest absolute Gasteiger partial charge is 0.310 e. The number of carboxylic acids is 1. The number of hydrogen-bond acceptors (Lipinski definition) is 3. The van der Waals surface area contributed by atoms with Gasteiger partial charge in [0, 0.05) is 6.04 Å². The molecule has 0 radical (unpaired) electrons. The molecule has 0 aliphatic heterocycles. The zero-order valence-electron chi connectivity index (χ0n) is 10.3. The molecule has 5 nitrogen and oxygen atoms in total. The van der Waals surface area contributed by atoms with Crippen LogP contribution in [0.3, 0.4) is 0 Å². The van der Waals surface area contributed by atoms with Crippen LogP contribution in [-0.4, -0.2) is 28.6 Å². The first-order chi connectivity index (χ1) is 7.86. The van der Waals surface area contributed by atoms with Crippen LogP contribution >= 0.6 is 0 Å². The van der Waals surface area contributed by atoms with E-state index < -0.39 is 17.4 Å². The van der Waals surface area contributed by atoms with Gasteiger partial charge in [-0.05, 0) is 19.8 Å². The maximum Gasteiger partial charge on any atom is 0.310 e. The highest BCUT2D eigenvalue weighted by molar-refractivity contribution is 5.86. The Morgan fingerprint density at radius 3 is 2.65 bits per heavy atom. The Kier molecular flexibility index (Phi) is 4.28. The highest BCUT2D eigenvalue weighted by atomic mass is 16.4. The Morgan fingerprint density at radius 1 is 1.53 bits per heavy atom. The van der Waals surface area contributed by atoms with E-state index in [0.717, 1.165) is 6.42 Å². The molecule has 0 spiro atoms. The van der Waals surface area contributed by atoms with Crippen molar-refractivity contribution in [1.29, 1.82) is 0 Å². The Balaban J connectivity index is 2.49. The summed E-state index contributed by atoms with van der Waals surface area (Å²) >= 11 is 0. The summed E-state index contributed by atoms with van der Waals surface area (Å²) in [5, 5.41) is 11.6. The number of hydrogen-bond donors (Lipinski definition) is 3. The molecule has 0 aromatic heterocycles. The van der Waals surface area contributed by atoms with E-state index in [1.165, 1.54) is 0 Å². The molecule has 0 fully saturated rings. The molecule has 1 rings (SSSR count). The molecule has 96 valence electrons. The Hall–Kier alpha value is -1.36. The monoisotopic (exact) mass is 240 g/mol. The summed E-state index contributed by atoms with van der Waals surface area (Å²) in [6, 6.07) is -0.219. The lowest BCUT2D eigenvalue weighted by Crippen LogP contribution is -2.53. The van der Waals surface area contributed by atoms with Gasteiger partial charge in [-0.3, -0.25) is 9.59 Å². The Labute approximate surface area is 101 Å². The molecule has 3 atom stereocenters. The minimum Gasteiger partial charge on any atom is -0.481 e. The molecule has 4 N–H and O–H groups in total. The van der Waals surface area contributed by atoms with Gasteiger partial charge in [-0.1, -0.05) is 25.5 Å². The Morgan fingerprint density at radius 2 is 2.18 bits per heavy atom. The zero-order valence-corrected chi connectivity index (χ0v) is 10.3. The molecule has 1 aliphatic rings. The van der Waals surface area contributed by atoms with Crippen LogP contribution in [0.15, 0.2) is 12.2 Å². The quantitative estimate of drug-likeness (QED) is 0.615. The number of carbonyl (C=O) groups excluding carboxylic acids is 1. The fraction of sp³-hybridized carbons (Fsp3) is 0.667. The molecule has 1 aliphatic carbocycles. The van der Waals surface area contributed by atoms with E-state index in [2.05, 4.69) is 5.32 Å². The van der Waals surface area contributed by atoms with Crippen molar-refractivity contribution in [3.63, 3.8) is 0 Å². The van der Waals surface area contributed by atoms with E-state index in [1.807, 2.05) is 6.92 Å². The van der Waals surface area contributed by atoms with E-state index in [9.17, 15) is 9.59 Å². The average Bonchev–Trinajstić information content (AvgIpc) is 2.66. The summed E-state index contributed by atoms with van der Waals surface area (Å²) in [5.74, 6) is -1.59. The molecule has 0 bridgehead atoms. The number of nitrogens with one attached hydrogen (secondary N) is 1. The topological polar surface area (TPSA) is 92.4 Å². The molecule has 0 aromatic carbocycles. The van der Waals surface area contributed by atoms with Gasteiger partial charge in [-0.15, -0.1) is 0 Å².